The van der Waals surface area contributed by atoms with Crippen molar-refractivity contribution in [3.63, 3.8) is 0 Å². The molecular formula is C10H12N2O4S2. The molecule has 0 spiro atoms. The summed E-state index contributed by atoms with van der Waals surface area (Å²) in [5, 5.41) is 0. The number of nitrogens with one attached hydrogen (secondary N) is 1. The minimum Gasteiger partial charge on any atom is -0.341 e. The number of benzene rings is 1. The second-order valence-corrected chi connectivity index (χ2v) is 8.30. The van der Waals surface area contributed by atoms with Crippen LogP contribution in [0.15, 0.2) is 23.1 Å². The van der Waals surface area contributed by atoms with Gasteiger partial charge in [-0.2, -0.15) is 0 Å². The number of aromatic amines is 1. The summed E-state index contributed by atoms with van der Waals surface area (Å²) in [7, 11) is -6.61. The van der Waals surface area contributed by atoms with E-state index in [1.54, 1.807) is 12.1 Å². The molecule has 2 aromatic rings. The van der Waals surface area contributed by atoms with E-state index in [1.165, 1.54) is 6.07 Å². The Hall–Kier alpha value is -1.41. The van der Waals surface area contributed by atoms with Crippen LogP contribution in [0.3, 0.4) is 0 Å². The number of H-pyrrole nitrogens is 1. The first-order chi connectivity index (χ1) is 8.17. The standard InChI is InChI=1S/C10H12N2O4S2/c1-17(13,14)6-9-11-7-4-3-5-8(10(7)12-9)18(2,15)16/h3-5H,6H2,1-2H3,(H,11,12). The molecule has 6 nitrogen and oxygen atoms in total. The van der Waals surface area contributed by atoms with Gasteiger partial charge in [-0.1, -0.05) is 6.07 Å². The maximum atomic E-state index is 11.6. The molecule has 18 heavy (non-hydrogen) atoms. The average Bonchev–Trinajstić information content (AvgIpc) is 2.53. The van der Waals surface area contributed by atoms with Crippen molar-refractivity contribution in [2.45, 2.75) is 10.6 Å². The molecule has 2 rings (SSSR count). The zero-order chi connectivity index (χ0) is 13.6. The van der Waals surface area contributed by atoms with Gasteiger partial charge in [0.1, 0.15) is 17.1 Å². The Bertz CT molecular complexity index is 804. The molecule has 1 aromatic heterocycles. The van der Waals surface area contributed by atoms with E-state index in [0.717, 1.165) is 12.5 Å². The van der Waals surface area contributed by atoms with Crippen molar-refractivity contribution in [2.75, 3.05) is 12.5 Å². The van der Waals surface area contributed by atoms with Crippen LogP contribution in [0.5, 0.6) is 0 Å². The third-order valence-corrected chi connectivity index (χ3v) is 4.25. The monoisotopic (exact) mass is 288 g/mol. The number of rotatable bonds is 3. The van der Waals surface area contributed by atoms with Crippen LogP contribution >= 0.6 is 0 Å². The molecule has 0 saturated carbocycles. The molecule has 0 atom stereocenters. The zero-order valence-electron chi connectivity index (χ0n) is 9.84. The van der Waals surface area contributed by atoms with Crippen molar-refractivity contribution in [2.24, 2.45) is 0 Å². The van der Waals surface area contributed by atoms with Crippen molar-refractivity contribution in [3.8, 4) is 0 Å². The third-order valence-electron chi connectivity index (χ3n) is 2.32. The van der Waals surface area contributed by atoms with Crippen LogP contribution in [-0.4, -0.2) is 39.3 Å². The van der Waals surface area contributed by atoms with Gasteiger partial charge in [-0.15, -0.1) is 0 Å². The van der Waals surface area contributed by atoms with E-state index in [0.29, 0.717) is 5.52 Å². The van der Waals surface area contributed by atoms with Crippen LogP contribution in [0.2, 0.25) is 0 Å². The van der Waals surface area contributed by atoms with Gasteiger partial charge in [-0.25, -0.2) is 21.8 Å². The molecule has 1 N–H and O–H groups in total. The van der Waals surface area contributed by atoms with Crippen LogP contribution in [0, 0.1) is 0 Å². The number of nitrogens with zero attached hydrogens (tertiary/aromatic N) is 1. The van der Waals surface area contributed by atoms with E-state index < -0.39 is 19.7 Å². The molecule has 0 amide bonds. The number of fused-ring (bicyclic) bond motifs is 1. The maximum absolute atomic E-state index is 11.6. The molecule has 1 heterocycles. The Morgan fingerprint density at radius 2 is 1.83 bits per heavy atom. The lowest BCUT2D eigenvalue weighted by atomic mass is 10.3. The van der Waals surface area contributed by atoms with Crippen molar-refractivity contribution in [1.29, 1.82) is 0 Å². The summed E-state index contributed by atoms with van der Waals surface area (Å²) < 4.78 is 45.5. The number of hydrogen-bond acceptors (Lipinski definition) is 5. The van der Waals surface area contributed by atoms with Crippen LogP contribution in [0.4, 0.5) is 0 Å². The van der Waals surface area contributed by atoms with Crippen LogP contribution in [0.25, 0.3) is 11.0 Å². The van der Waals surface area contributed by atoms with Crippen molar-refractivity contribution in [3.05, 3.63) is 24.0 Å². The molecule has 0 fully saturated rings. The van der Waals surface area contributed by atoms with E-state index in [1.807, 2.05) is 0 Å². The molecule has 0 aliphatic heterocycles. The largest absolute Gasteiger partial charge is 0.341 e. The van der Waals surface area contributed by atoms with Crippen molar-refractivity contribution >= 4 is 30.7 Å². The molecule has 1 aromatic carbocycles. The highest BCUT2D eigenvalue weighted by molar-refractivity contribution is 7.91. The van der Waals surface area contributed by atoms with Crippen molar-refractivity contribution in [1.82, 2.24) is 9.97 Å². The van der Waals surface area contributed by atoms with Gasteiger partial charge in [0.2, 0.25) is 0 Å². The van der Waals surface area contributed by atoms with Crippen LogP contribution in [-0.2, 0) is 25.4 Å². The van der Waals surface area contributed by atoms with Gasteiger partial charge in [0.05, 0.1) is 10.4 Å². The summed E-state index contributed by atoms with van der Waals surface area (Å²) in [4.78, 5) is 6.95. The molecule has 8 heteroatoms. The fourth-order valence-electron chi connectivity index (χ4n) is 1.67. The molecule has 0 unspecified atom stereocenters. The molecule has 0 aliphatic carbocycles. The Kier molecular flexibility index (Phi) is 2.94. The molecule has 0 aliphatic rings. The second-order valence-electron chi connectivity index (χ2n) is 4.18. The predicted octanol–water partition coefficient (Wildman–Crippen LogP) is 0.511. The first-order valence-electron chi connectivity index (χ1n) is 5.02. The quantitative estimate of drug-likeness (QED) is 0.887. The molecule has 0 saturated heterocycles. The summed E-state index contributed by atoms with van der Waals surface area (Å²) in [6, 6.07) is 4.69. The lowest BCUT2D eigenvalue weighted by molar-refractivity contribution is 0.599. The Morgan fingerprint density at radius 3 is 2.39 bits per heavy atom. The summed E-state index contributed by atoms with van der Waals surface area (Å²) >= 11 is 0. The van der Waals surface area contributed by atoms with E-state index in [9.17, 15) is 16.8 Å². The smallest absolute Gasteiger partial charge is 0.177 e. The highest BCUT2D eigenvalue weighted by Gasteiger charge is 2.16. The first-order valence-corrected chi connectivity index (χ1v) is 8.97. The van der Waals surface area contributed by atoms with Crippen LogP contribution in [0.1, 0.15) is 5.82 Å². The minimum absolute atomic E-state index is 0.0935. The number of sulfone groups is 2. The zero-order valence-corrected chi connectivity index (χ0v) is 11.5. The summed E-state index contributed by atoms with van der Waals surface area (Å²) in [5.41, 5.74) is 0.787. The van der Waals surface area contributed by atoms with Gasteiger partial charge in [-0.05, 0) is 12.1 Å². The highest BCUT2D eigenvalue weighted by atomic mass is 32.2. The first kappa shape index (κ1) is 13.0. The minimum atomic E-state index is -3.39. The second kappa shape index (κ2) is 4.06. The van der Waals surface area contributed by atoms with E-state index in [2.05, 4.69) is 9.97 Å². The predicted molar refractivity (Wildman–Crippen MR) is 67.8 cm³/mol. The maximum Gasteiger partial charge on any atom is 0.177 e. The lowest BCUT2D eigenvalue weighted by Gasteiger charge is -1.97. The van der Waals surface area contributed by atoms with Gasteiger partial charge in [0.25, 0.3) is 0 Å². The van der Waals surface area contributed by atoms with Gasteiger partial charge in [0.15, 0.2) is 19.7 Å². The van der Waals surface area contributed by atoms with E-state index in [-0.39, 0.29) is 22.0 Å². The molecule has 0 radical (unpaired) electrons. The van der Waals surface area contributed by atoms with Crippen molar-refractivity contribution < 1.29 is 16.8 Å². The van der Waals surface area contributed by atoms with Crippen LogP contribution < -0.4 is 0 Å². The summed E-state index contributed by atoms with van der Waals surface area (Å²) in [6.07, 6.45) is 2.18. The number of hydrogen-bond donors (Lipinski definition) is 1. The summed E-state index contributed by atoms with van der Waals surface area (Å²) in [6.45, 7) is 0. The lowest BCUT2D eigenvalue weighted by Crippen LogP contribution is -2.02. The van der Waals surface area contributed by atoms with E-state index >= 15 is 0 Å². The molecule has 98 valence electrons. The normalized spacial score (nSPS) is 13.0. The summed E-state index contributed by atoms with van der Waals surface area (Å²) in [5.74, 6) is -0.00571. The van der Waals surface area contributed by atoms with Gasteiger partial charge in [-0.3, -0.25) is 0 Å². The fraction of sp³-hybridized carbons (Fsp3) is 0.300. The topological polar surface area (TPSA) is 97.0 Å². The van der Waals surface area contributed by atoms with E-state index in [4.69, 9.17) is 0 Å². The molecular weight excluding hydrogens is 276 g/mol. The molecule has 0 bridgehead atoms. The average molecular weight is 288 g/mol. The third kappa shape index (κ3) is 2.70. The number of aromatic nitrogens is 2. The van der Waals surface area contributed by atoms with Gasteiger partial charge < -0.3 is 4.98 Å². The van der Waals surface area contributed by atoms with Gasteiger partial charge in [0, 0.05) is 12.5 Å². The Morgan fingerprint density at radius 1 is 1.17 bits per heavy atom. The SMILES string of the molecule is CS(=O)(=O)Cc1nc2c(S(C)(=O)=O)cccc2[nH]1. The highest BCUT2D eigenvalue weighted by Crippen LogP contribution is 2.21. The Balaban J connectivity index is 2.66. The Labute approximate surface area is 105 Å². The van der Waals surface area contributed by atoms with Gasteiger partial charge >= 0.3 is 0 Å². The number of para-hydroxylation sites is 1. The fourth-order valence-corrected chi connectivity index (χ4v) is 3.14. The number of imidazole rings is 1.